The van der Waals surface area contributed by atoms with E-state index in [1.807, 2.05) is 13.0 Å². The number of fused-ring (bicyclic) bond motifs is 2. The molecule has 0 N–H and O–H groups in total. The van der Waals surface area contributed by atoms with Crippen molar-refractivity contribution in [2.75, 3.05) is 0 Å². The zero-order valence-corrected chi connectivity index (χ0v) is 21.2. The molecule has 4 aromatic rings. The summed E-state index contributed by atoms with van der Waals surface area (Å²) in [5.41, 5.74) is 9.36. The van der Waals surface area contributed by atoms with Gasteiger partial charge < -0.3 is 4.42 Å². The van der Waals surface area contributed by atoms with Crippen LogP contribution in [-0.4, -0.2) is 0 Å². The fourth-order valence-corrected chi connectivity index (χ4v) is 4.23. The standard InChI is InChI=1S/C26H22O.2ClH.Zr/c1-16-12-22-14-23(25-11-8-17(2)27-25)15-24(22)26(18(16)3)21-10-9-19-6-4-5-7-20(19)13-21;;;/h4-13,15H,14H2,1-3H3;2*1H;/q;;;+2/p-2. The van der Waals surface area contributed by atoms with E-state index < -0.39 is 20.8 Å². The van der Waals surface area contributed by atoms with Gasteiger partial charge in [0.05, 0.1) is 0 Å². The molecule has 1 aliphatic carbocycles. The molecule has 0 saturated heterocycles. The first-order valence-electron chi connectivity index (χ1n) is 9.87. The maximum atomic E-state index is 5.89. The number of benzene rings is 3. The molecule has 0 amide bonds. The molecule has 3 aromatic carbocycles. The van der Waals surface area contributed by atoms with Crippen LogP contribution in [0.4, 0.5) is 0 Å². The molecule has 150 valence electrons. The second-order valence-corrected chi connectivity index (χ2v) is 11.4. The van der Waals surface area contributed by atoms with E-state index in [2.05, 4.69) is 74.5 Å². The van der Waals surface area contributed by atoms with E-state index in [9.17, 15) is 0 Å². The quantitative estimate of drug-likeness (QED) is 0.262. The van der Waals surface area contributed by atoms with Crippen LogP contribution in [0.5, 0.6) is 0 Å². The molecule has 0 spiro atoms. The zero-order chi connectivity index (χ0) is 21.3. The van der Waals surface area contributed by atoms with Gasteiger partial charge in [0.2, 0.25) is 0 Å². The number of allylic oxidation sites excluding steroid dienone is 1. The van der Waals surface area contributed by atoms with Gasteiger partial charge in [0, 0.05) is 6.42 Å². The maximum absolute atomic E-state index is 5.89. The van der Waals surface area contributed by atoms with Gasteiger partial charge in [0.15, 0.2) is 0 Å². The summed E-state index contributed by atoms with van der Waals surface area (Å²) in [6, 6.07) is 21.8. The van der Waals surface area contributed by atoms with Gasteiger partial charge in [-0.05, 0) is 94.8 Å². The molecule has 5 rings (SSSR count). The first-order valence-corrected chi connectivity index (χ1v) is 16.2. The first-order chi connectivity index (χ1) is 14.5. The van der Waals surface area contributed by atoms with Crippen LogP contribution < -0.4 is 0 Å². The summed E-state index contributed by atoms with van der Waals surface area (Å²) in [4.78, 5) is 0. The van der Waals surface area contributed by atoms with Crippen molar-refractivity contribution >= 4 is 39.4 Å². The molecule has 0 bridgehead atoms. The van der Waals surface area contributed by atoms with Crippen molar-refractivity contribution in [1.29, 1.82) is 0 Å². The molecule has 4 heteroatoms. The SMILES string of the molecule is Cc1ccc(C2=Cc3c(cc(C)c(C)c3-c3ccc4ccccc4c3)C2)o1.[Cl][Zr][Cl]. The predicted octanol–water partition coefficient (Wildman–Crippen LogP) is 8.50. The molecule has 1 heterocycles. The average molecular weight is 513 g/mol. The van der Waals surface area contributed by atoms with E-state index >= 15 is 0 Å². The van der Waals surface area contributed by atoms with Gasteiger partial charge in [-0.3, -0.25) is 0 Å². The molecule has 0 radical (unpaired) electrons. The second-order valence-electron chi connectivity index (χ2n) is 7.66. The summed E-state index contributed by atoms with van der Waals surface area (Å²) in [5, 5.41) is 2.57. The van der Waals surface area contributed by atoms with Crippen molar-refractivity contribution in [1.82, 2.24) is 0 Å². The molecular formula is C26H22Cl2OZr. The first kappa shape index (κ1) is 21.6. The molecule has 1 nitrogen and oxygen atoms in total. The number of hydrogen-bond donors (Lipinski definition) is 0. The summed E-state index contributed by atoms with van der Waals surface area (Å²) in [5.74, 6) is 1.95. The Balaban J connectivity index is 0.000000687. The van der Waals surface area contributed by atoms with Gasteiger partial charge >= 0.3 is 37.9 Å². The molecular weight excluding hydrogens is 490 g/mol. The van der Waals surface area contributed by atoms with Crippen LogP contribution >= 0.6 is 17.0 Å². The Morgan fingerprint density at radius 1 is 0.867 bits per heavy atom. The second kappa shape index (κ2) is 9.27. The molecule has 0 atom stereocenters. The van der Waals surface area contributed by atoms with Gasteiger partial charge in [-0.1, -0.05) is 42.5 Å². The number of rotatable bonds is 2. The van der Waals surface area contributed by atoms with Gasteiger partial charge in [0.25, 0.3) is 0 Å². The van der Waals surface area contributed by atoms with E-state index in [4.69, 9.17) is 21.4 Å². The van der Waals surface area contributed by atoms with Gasteiger partial charge in [-0.2, -0.15) is 0 Å². The fourth-order valence-electron chi connectivity index (χ4n) is 4.23. The Morgan fingerprint density at radius 2 is 1.60 bits per heavy atom. The Bertz CT molecular complexity index is 1250. The summed E-state index contributed by atoms with van der Waals surface area (Å²) in [6.07, 6.45) is 3.26. The van der Waals surface area contributed by atoms with E-state index in [0.29, 0.717) is 0 Å². The van der Waals surface area contributed by atoms with Crippen LogP contribution in [0.1, 0.15) is 33.8 Å². The van der Waals surface area contributed by atoms with E-state index in [-0.39, 0.29) is 0 Å². The third-order valence-electron chi connectivity index (χ3n) is 5.77. The Morgan fingerprint density at radius 3 is 2.30 bits per heavy atom. The van der Waals surface area contributed by atoms with Crippen molar-refractivity contribution in [2.45, 2.75) is 27.2 Å². The molecule has 1 aromatic heterocycles. The van der Waals surface area contributed by atoms with Crippen LogP contribution in [0.3, 0.4) is 0 Å². The van der Waals surface area contributed by atoms with Crippen molar-refractivity contribution in [3.63, 3.8) is 0 Å². The van der Waals surface area contributed by atoms with Gasteiger partial charge in [-0.15, -0.1) is 0 Å². The molecule has 0 fully saturated rings. The predicted molar refractivity (Wildman–Crippen MR) is 126 cm³/mol. The summed E-state index contributed by atoms with van der Waals surface area (Å²) < 4.78 is 5.89. The monoisotopic (exact) mass is 510 g/mol. The van der Waals surface area contributed by atoms with Crippen LogP contribution in [0.25, 0.3) is 33.5 Å². The molecule has 1 aliphatic rings. The Kier molecular flexibility index (Phi) is 6.68. The van der Waals surface area contributed by atoms with Crippen molar-refractivity contribution in [3.8, 4) is 11.1 Å². The summed E-state index contributed by atoms with van der Waals surface area (Å²) in [7, 11) is 9.87. The average Bonchev–Trinajstić information content (AvgIpc) is 3.35. The van der Waals surface area contributed by atoms with E-state index in [1.54, 1.807) is 0 Å². The minimum absolute atomic E-state index is 0.826. The Hall–Kier alpha value is -1.60. The van der Waals surface area contributed by atoms with E-state index in [1.165, 1.54) is 49.7 Å². The Labute approximate surface area is 196 Å². The van der Waals surface area contributed by atoms with Crippen LogP contribution in [-0.2, 0) is 27.3 Å². The van der Waals surface area contributed by atoms with Crippen molar-refractivity contribution in [2.24, 2.45) is 0 Å². The van der Waals surface area contributed by atoms with Crippen molar-refractivity contribution in [3.05, 3.63) is 94.4 Å². The number of furan rings is 1. The van der Waals surface area contributed by atoms with Crippen LogP contribution in [0, 0.1) is 20.8 Å². The van der Waals surface area contributed by atoms with Gasteiger partial charge in [0.1, 0.15) is 11.5 Å². The normalized spacial score (nSPS) is 12.2. The zero-order valence-electron chi connectivity index (χ0n) is 17.2. The summed E-state index contributed by atoms with van der Waals surface area (Å²) in [6.45, 7) is 6.46. The van der Waals surface area contributed by atoms with E-state index in [0.717, 1.165) is 17.9 Å². The third-order valence-corrected chi connectivity index (χ3v) is 5.77. The third kappa shape index (κ3) is 4.24. The van der Waals surface area contributed by atoms with Crippen LogP contribution in [0.2, 0.25) is 0 Å². The van der Waals surface area contributed by atoms with Gasteiger partial charge in [-0.25, -0.2) is 0 Å². The fraction of sp³-hybridized carbons (Fsp3) is 0.154. The molecule has 30 heavy (non-hydrogen) atoms. The number of halogens is 2. The number of aryl methyl sites for hydroxylation is 2. The van der Waals surface area contributed by atoms with Crippen LogP contribution in [0.15, 0.2) is 65.1 Å². The minimum atomic E-state index is -0.826. The number of hydrogen-bond acceptors (Lipinski definition) is 1. The summed E-state index contributed by atoms with van der Waals surface area (Å²) >= 11 is -0.826. The molecule has 0 unspecified atom stereocenters. The molecule has 0 aliphatic heterocycles. The topological polar surface area (TPSA) is 13.1 Å². The van der Waals surface area contributed by atoms with Crippen molar-refractivity contribution < 1.29 is 25.3 Å². The molecule has 0 saturated carbocycles.